The van der Waals surface area contributed by atoms with Gasteiger partial charge in [0, 0.05) is 13.6 Å². The third kappa shape index (κ3) is 3.17. The molecule has 23 heavy (non-hydrogen) atoms. The van der Waals surface area contributed by atoms with Crippen LogP contribution in [-0.4, -0.2) is 31.2 Å². The summed E-state index contributed by atoms with van der Waals surface area (Å²) in [5, 5.41) is 4.62. The second kappa shape index (κ2) is 6.34. The largest absolute Gasteiger partial charge is 0.309 e. The molecule has 0 spiro atoms. The second-order valence-corrected chi connectivity index (χ2v) is 5.75. The molecule has 3 rings (SSSR count). The molecule has 0 atom stereocenters. The van der Waals surface area contributed by atoms with E-state index in [0.717, 1.165) is 13.1 Å². The summed E-state index contributed by atoms with van der Waals surface area (Å²) in [7, 11) is 1.80. The first kappa shape index (κ1) is 15.4. The van der Waals surface area contributed by atoms with Crippen molar-refractivity contribution in [3.05, 3.63) is 57.8 Å². The normalized spacial score (nSPS) is 11.5. The van der Waals surface area contributed by atoms with Crippen LogP contribution in [0.5, 0.6) is 0 Å². The molecule has 0 unspecified atom stereocenters. The Labute approximate surface area is 134 Å². The molecule has 3 aromatic rings. The Morgan fingerprint density at radius 2 is 2.04 bits per heavy atom. The van der Waals surface area contributed by atoms with Crippen molar-refractivity contribution in [2.45, 2.75) is 26.9 Å². The van der Waals surface area contributed by atoms with Gasteiger partial charge in [-0.1, -0.05) is 31.2 Å². The number of fused-ring (bicyclic) bond motifs is 1. The minimum atomic E-state index is -0.134. The highest BCUT2D eigenvalue weighted by atomic mass is 16.1. The minimum absolute atomic E-state index is 0.134. The third-order valence-corrected chi connectivity index (χ3v) is 4.13. The van der Waals surface area contributed by atoms with Gasteiger partial charge in [-0.05, 0) is 24.6 Å². The fourth-order valence-corrected chi connectivity index (χ4v) is 2.67. The van der Waals surface area contributed by atoms with Crippen molar-refractivity contribution in [3.63, 3.8) is 0 Å². The Hall–Kier alpha value is -2.47. The lowest BCUT2D eigenvalue weighted by Crippen LogP contribution is -2.25. The van der Waals surface area contributed by atoms with Crippen molar-refractivity contribution < 1.29 is 0 Å². The summed E-state index contributed by atoms with van der Waals surface area (Å²) in [6.07, 6.45) is 1.55. The number of aryl methyl sites for hydroxylation is 2. The van der Waals surface area contributed by atoms with Gasteiger partial charge in [0.2, 0.25) is 0 Å². The molecule has 0 saturated heterocycles. The third-order valence-electron chi connectivity index (χ3n) is 4.13. The van der Waals surface area contributed by atoms with E-state index in [1.54, 1.807) is 17.9 Å². The molecular weight excluding hydrogens is 290 g/mol. The van der Waals surface area contributed by atoms with Crippen molar-refractivity contribution >= 4 is 11.0 Å². The van der Waals surface area contributed by atoms with Crippen LogP contribution in [0, 0.1) is 6.92 Å². The molecule has 0 amide bonds. The minimum Gasteiger partial charge on any atom is -0.309 e. The van der Waals surface area contributed by atoms with Crippen LogP contribution in [0.15, 0.2) is 35.3 Å². The number of hydrogen-bond acceptors (Lipinski definition) is 4. The van der Waals surface area contributed by atoms with Gasteiger partial charge in [-0.2, -0.15) is 5.10 Å². The molecular formula is C17H21N5O. The van der Waals surface area contributed by atoms with Crippen LogP contribution in [-0.2, 0) is 20.1 Å². The van der Waals surface area contributed by atoms with Crippen LogP contribution < -0.4 is 5.56 Å². The molecule has 1 aromatic carbocycles. The summed E-state index contributed by atoms with van der Waals surface area (Å²) in [5.41, 5.74) is 3.05. The number of aromatic amines is 1. The first-order valence-electron chi connectivity index (χ1n) is 7.76. The summed E-state index contributed by atoms with van der Waals surface area (Å²) < 4.78 is 1.63. The van der Waals surface area contributed by atoms with Crippen LogP contribution in [0.25, 0.3) is 11.0 Å². The van der Waals surface area contributed by atoms with E-state index in [4.69, 9.17) is 0 Å². The van der Waals surface area contributed by atoms with Crippen molar-refractivity contribution in [1.82, 2.24) is 24.6 Å². The molecule has 0 fully saturated rings. The van der Waals surface area contributed by atoms with E-state index in [1.165, 1.54) is 11.1 Å². The van der Waals surface area contributed by atoms with Crippen molar-refractivity contribution in [2.75, 3.05) is 6.54 Å². The van der Waals surface area contributed by atoms with Gasteiger partial charge in [-0.3, -0.25) is 14.4 Å². The van der Waals surface area contributed by atoms with Gasteiger partial charge in [0.1, 0.15) is 11.2 Å². The number of nitrogens with one attached hydrogen (secondary N) is 1. The lowest BCUT2D eigenvalue weighted by atomic mass is 10.1. The predicted octanol–water partition coefficient (Wildman–Crippen LogP) is 1.99. The maximum absolute atomic E-state index is 12.1. The monoisotopic (exact) mass is 311 g/mol. The number of aromatic nitrogens is 4. The molecule has 0 aliphatic rings. The Balaban J connectivity index is 1.86. The van der Waals surface area contributed by atoms with E-state index < -0.39 is 0 Å². The van der Waals surface area contributed by atoms with E-state index in [2.05, 4.69) is 52.0 Å². The molecule has 0 aliphatic carbocycles. The zero-order valence-electron chi connectivity index (χ0n) is 13.7. The highest BCUT2D eigenvalue weighted by molar-refractivity contribution is 5.72. The van der Waals surface area contributed by atoms with Gasteiger partial charge >= 0.3 is 0 Å². The van der Waals surface area contributed by atoms with E-state index in [0.29, 0.717) is 23.4 Å². The van der Waals surface area contributed by atoms with Crippen LogP contribution >= 0.6 is 0 Å². The lowest BCUT2D eigenvalue weighted by Gasteiger charge is -2.20. The molecule has 2 aromatic heterocycles. The molecule has 0 aliphatic heterocycles. The van der Waals surface area contributed by atoms with Gasteiger partial charge in [-0.15, -0.1) is 0 Å². The van der Waals surface area contributed by atoms with Gasteiger partial charge < -0.3 is 4.98 Å². The van der Waals surface area contributed by atoms with Gasteiger partial charge in [0.25, 0.3) is 5.56 Å². The first-order chi connectivity index (χ1) is 11.1. The van der Waals surface area contributed by atoms with Crippen molar-refractivity contribution in [2.24, 2.45) is 7.05 Å². The lowest BCUT2D eigenvalue weighted by molar-refractivity contribution is 0.264. The topological polar surface area (TPSA) is 66.8 Å². The summed E-state index contributed by atoms with van der Waals surface area (Å²) >= 11 is 0. The van der Waals surface area contributed by atoms with E-state index >= 15 is 0 Å². The Kier molecular flexibility index (Phi) is 4.25. The standard InChI is InChI=1S/C17H21N5O/c1-4-22(10-13-8-6-5-7-12(13)2)11-15-19-16-14(17(23)20-15)9-18-21(16)3/h5-9H,4,10-11H2,1-3H3,(H,19,20,23). The summed E-state index contributed by atoms with van der Waals surface area (Å²) in [6.45, 7) is 6.53. The Morgan fingerprint density at radius 3 is 2.78 bits per heavy atom. The van der Waals surface area contributed by atoms with Crippen LogP contribution in [0.4, 0.5) is 0 Å². The average molecular weight is 311 g/mol. The highest BCUT2D eigenvalue weighted by Gasteiger charge is 2.12. The molecule has 0 bridgehead atoms. The number of rotatable bonds is 5. The zero-order valence-corrected chi connectivity index (χ0v) is 13.7. The van der Waals surface area contributed by atoms with Crippen molar-refractivity contribution in [3.8, 4) is 0 Å². The molecule has 120 valence electrons. The zero-order chi connectivity index (χ0) is 16.4. The quantitative estimate of drug-likeness (QED) is 0.782. The SMILES string of the molecule is CCN(Cc1nc2c(cnn2C)c(=O)[nH]1)Cc1ccccc1C. The van der Waals surface area contributed by atoms with Gasteiger partial charge in [0.05, 0.1) is 12.7 Å². The van der Waals surface area contributed by atoms with Crippen LogP contribution in [0.3, 0.4) is 0 Å². The fraction of sp³-hybridized carbons (Fsp3) is 0.353. The number of nitrogens with zero attached hydrogens (tertiary/aromatic N) is 4. The molecule has 0 saturated carbocycles. The fourth-order valence-electron chi connectivity index (χ4n) is 2.67. The van der Waals surface area contributed by atoms with Gasteiger partial charge in [0.15, 0.2) is 5.65 Å². The van der Waals surface area contributed by atoms with Gasteiger partial charge in [-0.25, -0.2) is 4.98 Å². The molecule has 0 radical (unpaired) electrons. The smallest absolute Gasteiger partial charge is 0.262 e. The predicted molar refractivity (Wildman–Crippen MR) is 90.1 cm³/mol. The van der Waals surface area contributed by atoms with Crippen LogP contribution in [0.2, 0.25) is 0 Å². The van der Waals surface area contributed by atoms with E-state index in [1.807, 2.05) is 6.07 Å². The Morgan fingerprint density at radius 1 is 1.26 bits per heavy atom. The maximum atomic E-state index is 12.1. The summed E-state index contributed by atoms with van der Waals surface area (Å²) in [5.74, 6) is 0.668. The molecule has 2 heterocycles. The molecule has 6 heteroatoms. The Bertz CT molecular complexity index is 880. The molecule has 6 nitrogen and oxygen atoms in total. The summed E-state index contributed by atoms with van der Waals surface area (Å²) in [6, 6.07) is 8.35. The average Bonchev–Trinajstić information content (AvgIpc) is 2.91. The van der Waals surface area contributed by atoms with E-state index in [9.17, 15) is 4.79 Å². The number of hydrogen-bond donors (Lipinski definition) is 1. The van der Waals surface area contributed by atoms with Crippen molar-refractivity contribution in [1.29, 1.82) is 0 Å². The highest BCUT2D eigenvalue weighted by Crippen LogP contribution is 2.12. The number of H-pyrrole nitrogens is 1. The van der Waals surface area contributed by atoms with Crippen LogP contribution in [0.1, 0.15) is 23.9 Å². The maximum Gasteiger partial charge on any atom is 0.262 e. The first-order valence-corrected chi connectivity index (χ1v) is 7.76. The second-order valence-electron chi connectivity index (χ2n) is 5.75. The molecule has 1 N–H and O–H groups in total. The van der Waals surface area contributed by atoms with E-state index in [-0.39, 0.29) is 5.56 Å². The summed E-state index contributed by atoms with van der Waals surface area (Å²) in [4.78, 5) is 21.8. The number of benzene rings is 1.